The molecule has 0 heterocycles. The van der Waals surface area contributed by atoms with Crippen LogP contribution in [0.3, 0.4) is 0 Å². The monoisotopic (exact) mass is 261 g/mol. The van der Waals surface area contributed by atoms with E-state index < -0.39 is 0 Å². The first kappa shape index (κ1) is 13.6. The van der Waals surface area contributed by atoms with E-state index >= 15 is 0 Å². The summed E-state index contributed by atoms with van der Waals surface area (Å²) in [5.41, 5.74) is 2.54. The Bertz CT molecular complexity index is 650. The highest BCUT2D eigenvalue weighted by atomic mass is 15.1. The van der Waals surface area contributed by atoms with Gasteiger partial charge in [0.15, 0.2) is 0 Å². The maximum atomic E-state index is 9.21. The highest BCUT2D eigenvalue weighted by Crippen LogP contribution is 2.30. The SMILES string of the molecule is CN(c1ccccc1C#N)C(CC#N)c1ccccc1. The average molecular weight is 261 g/mol. The van der Waals surface area contributed by atoms with Crippen LogP contribution in [0.2, 0.25) is 0 Å². The molecule has 0 aliphatic rings. The number of hydrogen-bond donors (Lipinski definition) is 0. The number of hydrogen-bond acceptors (Lipinski definition) is 3. The van der Waals surface area contributed by atoms with Crippen LogP contribution in [0, 0.1) is 22.7 Å². The summed E-state index contributed by atoms with van der Waals surface area (Å²) in [6, 6.07) is 21.7. The zero-order valence-electron chi connectivity index (χ0n) is 11.3. The first-order valence-electron chi connectivity index (χ1n) is 6.41. The predicted molar refractivity (Wildman–Crippen MR) is 79.0 cm³/mol. The van der Waals surface area contributed by atoms with Crippen molar-refractivity contribution in [3.63, 3.8) is 0 Å². The molecule has 0 saturated carbocycles. The lowest BCUT2D eigenvalue weighted by molar-refractivity contribution is 0.686. The summed E-state index contributed by atoms with van der Waals surface area (Å²) in [5.74, 6) is 0. The first-order chi connectivity index (χ1) is 9.77. The van der Waals surface area contributed by atoms with Gasteiger partial charge in [0.05, 0.1) is 29.8 Å². The van der Waals surface area contributed by atoms with Gasteiger partial charge < -0.3 is 4.90 Å². The van der Waals surface area contributed by atoms with Crippen LogP contribution in [0.15, 0.2) is 54.6 Å². The van der Waals surface area contributed by atoms with Crippen molar-refractivity contribution in [2.45, 2.75) is 12.5 Å². The zero-order valence-corrected chi connectivity index (χ0v) is 11.3. The van der Waals surface area contributed by atoms with Crippen LogP contribution >= 0.6 is 0 Å². The standard InChI is InChI=1S/C17H15N3/c1-20(16-10-6-5-9-15(16)13-19)17(11-12-18)14-7-3-2-4-8-14/h2-10,17H,11H2,1H3. The third-order valence-corrected chi connectivity index (χ3v) is 3.34. The van der Waals surface area contributed by atoms with Gasteiger partial charge in [-0.15, -0.1) is 0 Å². The lowest BCUT2D eigenvalue weighted by Gasteiger charge is -2.29. The molecule has 0 N–H and O–H groups in total. The molecular weight excluding hydrogens is 246 g/mol. The average Bonchev–Trinajstić information content (AvgIpc) is 2.52. The van der Waals surface area contributed by atoms with E-state index in [2.05, 4.69) is 12.1 Å². The molecule has 0 radical (unpaired) electrons. The van der Waals surface area contributed by atoms with Crippen molar-refractivity contribution in [1.82, 2.24) is 0 Å². The lowest BCUT2D eigenvalue weighted by atomic mass is 10.0. The van der Waals surface area contributed by atoms with Gasteiger partial charge in [-0.1, -0.05) is 42.5 Å². The Balaban J connectivity index is 2.40. The van der Waals surface area contributed by atoms with Gasteiger partial charge in [-0.25, -0.2) is 0 Å². The van der Waals surface area contributed by atoms with E-state index in [0.717, 1.165) is 11.3 Å². The third kappa shape index (κ3) is 2.79. The van der Waals surface area contributed by atoms with E-state index in [9.17, 15) is 5.26 Å². The fourth-order valence-electron chi connectivity index (χ4n) is 2.28. The van der Waals surface area contributed by atoms with Crippen molar-refractivity contribution in [3.05, 3.63) is 65.7 Å². The minimum absolute atomic E-state index is 0.0595. The highest BCUT2D eigenvalue weighted by Gasteiger charge is 2.19. The predicted octanol–water partition coefficient (Wildman–Crippen LogP) is 3.65. The summed E-state index contributed by atoms with van der Waals surface area (Å²) in [7, 11) is 1.92. The molecule has 0 aromatic heterocycles. The Hall–Kier alpha value is -2.78. The van der Waals surface area contributed by atoms with Crippen LogP contribution < -0.4 is 4.90 Å². The Kier molecular flexibility index (Phi) is 4.37. The molecule has 3 nitrogen and oxygen atoms in total. The summed E-state index contributed by atoms with van der Waals surface area (Å²) >= 11 is 0. The minimum atomic E-state index is -0.0595. The summed E-state index contributed by atoms with van der Waals surface area (Å²) in [4.78, 5) is 2.00. The molecule has 0 saturated heterocycles. The van der Waals surface area contributed by atoms with Crippen LogP contribution in [0.5, 0.6) is 0 Å². The third-order valence-electron chi connectivity index (χ3n) is 3.34. The molecule has 3 heteroatoms. The number of nitriles is 2. The summed E-state index contributed by atoms with van der Waals surface area (Å²) in [5, 5.41) is 18.3. The van der Waals surface area contributed by atoms with Gasteiger partial charge in [0, 0.05) is 7.05 Å². The second-order valence-corrected chi connectivity index (χ2v) is 4.53. The molecule has 2 aromatic rings. The van der Waals surface area contributed by atoms with E-state index in [1.54, 1.807) is 6.07 Å². The van der Waals surface area contributed by atoms with E-state index in [4.69, 9.17) is 5.26 Å². The van der Waals surface area contributed by atoms with E-state index in [-0.39, 0.29) is 6.04 Å². The Morgan fingerprint density at radius 2 is 1.65 bits per heavy atom. The quantitative estimate of drug-likeness (QED) is 0.844. The van der Waals surface area contributed by atoms with Gasteiger partial charge in [0.2, 0.25) is 0 Å². The van der Waals surface area contributed by atoms with Gasteiger partial charge >= 0.3 is 0 Å². The fraction of sp³-hybridized carbons (Fsp3) is 0.176. The molecule has 0 aliphatic carbocycles. The summed E-state index contributed by atoms with van der Waals surface area (Å²) in [6.07, 6.45) is 0.375. The maximum absolute atomic E-state index is 9.21. The van der Waals surface area contributed by atoms with Crippen molar-refractivity contribution in [2.24, 2.45) is 0 Å². The number of anilines is 1. The lowest BCUT2D eigenvalue weighted by Crippen LogP contribution is -2.24. The molecule has 0 spiro atoms. The molecular formula is C17H15N3. The van der Waals surface area contributed by atoms with Crippen LogP contribution in [-0.4, -0.2) is 7.05 Å². The Morgan fingerprint density at radius 3 is 2.30 bits per heavy atom. The molecule has 98 valence electrons. The second-order valence-electron chi connectivity index (χ2n) is 4.53. The number of para-hydroxylation sites is 1. The molecule has 2 rings (SSSR count). The van der Waals surface area contributed by atoms with Crippen molar-refractivity contribution in [3.8, 4) is 12.1 Å². The number of benzene rings is 2. The zero-order chi connectivity index (χ0) is 14.4. The topological polar surface area (TPSA) is 50.8 Å². The molecule has 20 heavy (non-hydrogen) atoms. The first-order valence-corrected chi connectivity index (χ1v) is 6.41. The second kappa shape index (κ2) is 6.41. The van der Waals surface area contributed by atoms with Crippen molar-refractivity contribution in [2.75, 3.05) is 11.9 Å². The normalized spacial score (nSPS) is 11.2. The molecule has 1 unspecified atom stereocenters. The van der Waals surface area contributed by atoms with Gasteiger partial charge in [-0.05, 0) is 17.7 Å². The van der Waals surface area contributed by atoms with Crippen LogP contribution in [-0.2, 0) is 0 Å². The smallest absolute Gasteiger partial charge is 0.101 e. The highest BCUT2D eigenvalue weighted by molar-refractivity contribution is 5.60. The Morgan fingerprint density at radius 1 is 1.00 bits per heavy atom. The van der Waals surface area contributed by atoms with Gasteiger partial charge in [0.25, 0.3) is 0 Å². The van der Waals surface area contributed by atoms with Crippen molar-refractivity contribution >= 4 is 5.69 Å². The Labute approximate surface area is 119 Å². The van der Waals surface area contributed by atoms with Crippen LogP contribution in [0.4, 0.5) is 5.69 Å². The van der Waals surface area contributed by atoms with Gasteiger partial charge in [0.1, 0.15) is 6.07 Å². The van der Waals surface area contributed by atoms with Gasteiger partial charge in [-0.2, -0.15) is 10.5 Å². The van der Waals surface area contributed by atoms with E-state index in [1.165, 1.54) is 0 Å². The molecule has 0 fully saturated rings. The van der Waals surface area contributed by atoms with Crippen LogP contribution in [0.1, 0.15) is 23.6 Å². The molecule has 2 aromatic carbocycles. The van der Waals surface area contributed by atoms with Gasteiger partial charge in [-0.3, -0.25) is 0 Å². The fourth-order valence-corrected chi connectivity index (χ4v) is 2.28. The molecule has 1 atom stereocenters. The number of rotatable bonds is 4. The molecule has 0 amide bonds. The maximum Gasteiger partial charge on any atom is 0.101 e. The molecule has 0 aliphatic heterocycles. The molecule has 0 bridgehead atoms. The van der Waals surface area contributed by atoms with E-state index in [0.29, 0.717) is 12.0 Å². The van der Waals surface area contributed by atoms with E-state index in [1.807, 2.05) is 60.5 Å². The van der Waals surface area contributed by atoms with Crippen LogP contribution in [0.25, 0.3) is 0 Å². The summed E-state index contributed by atoms with van der Waals surface area (Å²) in [6.45, 7) is 0. The van der Waals surface area contributed by atoms with Crippen molar-refractivity contribution in [1.29, 1.82) is 10.5 Å². The largest absolute Gasteiger partial charge is 0.365 e. The number of nitrogens with zero attached hydrogens (tertiary/aromatic N) is 3. The summed E-state index contributed by atoms with van der Waals surface area (Å²) < 4.78 is 0. The van der Waals surface area contributed by atoms with Crippen molar-refractivity contribution < 1.29 is 0 Å². The minimum Gasteiger partial charge on any atom is -0.365 e.